The summed E-state index contributed by atoms with van der Waals surface area (Å²) >= 11 is 7.87. The molecule has 84 valence electrons. The topological polar surface area (TPSA) is 12.9 Å². The third kappa shape index (κ3) is 2.28. The number of thiazole rings is 1. The van der Waals surface area contributed by atoms with Gasteiger partial charge in [-0.3, -0.25) is 0 Å². The Labute approximate surface area is 105 Å². The van der Waals surface area contributed by atoms with Gasteiger partial charge < -0.3 is 0 Å². The van der Waals surface area contributed by atoms with Crippen molar-refractivity contribution in [2.45, 2.75) is 26.2 Å². The first-order valence-corrected chi connectivity index (χ1v) is 6.49. The lowest BCUT2D eigenvalue weighted by Crippen LogP contribution is -2.10. The van der Waals surface area contributed by atoms with Crippen LogP contribution >= 0.6 is 22.9 Å². The molecule has 0 aliphatic carbocycles. The van der Waals surface area contributed by atoms with Gasteiger partial charge in [-0.2, -0.15) is 0 Å². The first-order chi connectivity index (χ1) is 7.48. The average molecular weight is 252 g/mol. The van der Waals surface area contributed by atoms with Crippen LogP contribution in [0.4, 0.5) is 0 Å². The zero-order valence-electron chi connectivity index (χ0n) is 9.62. The van der Waals surface area contributed by atoms with E-state index in [-0.39, 0.29) is 5.41 Å². The van der Waals surface area contributed by atoms with Crippen LogP contribution in [-0.4, -0.2) is 4.98 Å². The van der Waals surface area contributed by atoms with Gasteiger partial charge in [0.2, 0.25) is 0 Å². The molecule has 0 unspecified atom stereocenters. The van der Waals surface area contributed by atoms with Crippen molar-refractivity contribution in [1.82, 2.24) is 4.98 Å². The maximum absolute atomic E-state index is 6.29. The maximum Gasteiger partial charge on any atom is 0.0826 e. The molecule has 0 saturated heterocycles. The number of hydrogen-bond acceptors (Lipinski definition) is 2. The summed E-state index contributed by atoms with van der Waals surface area (Å²) < 4.78 is 0. The Bertz CT molecular complexity index is 483. The normalized spacial score (nSPS) is 11.8. The molecular weight excluding hydrogens is 238 g/mol. The van der Waals surface area contributed by atoms with Gasteiger partial charge in [0.1, 0.15) is 0 Å². The summed E-state index contributed by atoms with van der Waals surface area (Å²) in [5.74, 6) is 0. The quantitative estimate of drug-likeness (QED) is 0.712. The fourth-order valence-corrected chi connectivity index (χ4v) is 2.36. The van der Waals surface area contributed by atoms with Crippen molar-refractivity contribution in [3.05, 3.63) is 39.7 Å². The van der Waals surface area contributed by atoms with Crippen LogP contribution in [0.1, 0.15) is 26.3 Å². The van der Waals surface area contributed by atoms with Crippen LogP contribution in [0, 0.1) is 0 Å². The van der Waals surface area contributed by atoms with Crippen LogP contribution in [-0.2, 0) is 5.41 Å². The highest BCUT2D eigenvalue weighted by molar-refractivity contribution is 7.07. The van der Waals surface area contributed by atoms with Crippen LogP contribution in [0.2, 0.25) is 5.02 Å². The summed E-state index contributed by atoms with van der Waals surface area (Å²) in [4.78, 5) is 4.27. The van der Waals surface area contributed by atoms with E-state index < -0.39 is 0 Å². The molecule has 0 spiro atoms. The zero-order valence-corrected chi connectivity index (χ0v) is 11.2. The van der Waals surface area contributed by atoms with Gasteiger partial charge in [0, 0.05) is 10.9 Å². The summed E-state index contributed by atoms with van der Waals surface area (Å²) in [6, 6.07) is 6.22. The van der Waals surface area contributed by atoms with E-state index in [4.69, 9.17) is 11.6 Å². The molecule has 2 aromatic rings. The van der Waals surface area contributed by atoms with Gasteiger partial charge in [-0.05, 0) is 17.0 Å². The fraction of sp³-hybridized carbons (Fsp3) is 0.308. The maximum atomic E-state index is 6.29. The van der Waals surface area contributed by atoms with Crippen molar-refractivity contribution in [3.63, 3.8) is 0 Å². The Morgan fingerprint density at radius 1 is 1.25 bits per heavy atom. The second-order valence-electron chi connectivity index (χ2n) is 4.82. The Kier molecular flexibility index (Phi) is 3.04. The van der Waals surface area contributed by atoms with E-state index >= 15 is 0 Å². The highest BCUT2D eigenvalue weighted by Gasteiger charge is 2.15. The summed E-state index contributed by atoms with van der Waals surface area (Å²) in [7, 11) is 0. The highest BCUT2D eigenvalue weighted by Crippen LogP contribution is 2.32. The van der Waals surface area contributed by atoms with Crippen molar-refractivity contribution >= 4 is 22.9 Å². The van der Waals surface area contributed by atoms with Crippen LogP contribution in [0.25, 0.3) is 11.3 Å². The first-order valence-electron chi connectivity index (χ1n) is 5.17. The molecule has 0 aliphatic heterocycles. The minimum Gasteiger partial charge on any atom is -0.245 e. The van der Waals surface area contributed by atoms with Gasteiger partial charge in [-0.25, -0.2) is 4.98 Å². The molecule has 2 rings (SSSR count). The predicted molar refractivity (Wildman–Crippen MR) is 71.3 cm³/mol. The van der Waals surface area contributed by atoms with Gasteiger partial charge in [-0.1, -0.05) is 44.5 Å². The van der Waals surface area contributed by atoms with E-state index in [2.05, 4.69) is 37.9 Å². The van der Waals surface area contributed by atoms with Crippen LogP contribution in [0.15, 0.2) is 29.1 Å². The average Bonchev–Trinajstić information content (AvgIpc) is 2.69. The van der Waals surface area contributed by atoms with Crippen molar-refractivity contribution in [2.24, 2.45) is 0 Å². The smallest absolute Gasteiger partial charge is 0.0826 e. The number of hydrogen-bond donors (Lipinski definition) is 0. The molecule has 0 aliphatic rings. The molecule has 0 bridgehead atoms. The summed E-state index contributed by atoms with van der Waals surface area (Å²) in [5.41, 5.74) is 5.16. The van der Waals surface area contributed by atoms with E-state index in [0.29, 0.717) is 0 Å². The standard InChI is InChI=1S/C13H14ClNS/c1-13(2,3)9-4-5-10(11(14)6-9)12-7-16-8-15-12/h4-8H,1-3H3. The van der Waals surface area contributed by atoms with Gasteiger partial charge in [-0.15, -0.1) is 11.3 Å². The van der Waals surface area contributed by atoms with Gasteiger partial charge in [0.25, 0.3) is 0 Å². The number of halogens is 1. The number of nitrogens with zero attached hydrogens (tertiary/aromatic N) is 1. The molecular formula is C13H14ClNS. The second kappa shape index (κ2) is 4.19. The van der Waals surface area contributed by atoms with Crippen molar-refractivity contribution in [1.29, 1.82) is 0 Å². The number of benzene rings is 1. The Morgan fingerprint density at radius 3 is 2.50 bits per heavy atom. The fourth-order valence-electron chi connectivity index (χ4n) is 1.53. The van der Waals surface area contributed by atoms with Gasteiger partial charge in [0.15, 0.2) is 0 Å². The van der Waals surface area contributed by atoms with E-state index in [1.54, 1.807) is 11.3 Å². The van der Waals surface area contributed by atoms with E-state index in [1.807, 2.05) is 17.0 Å². The summed E-state index contributed by atoms with van der Waals surface area (Å²) in [5, 5.41) is 2.79. The number of rotatable bonds is 1. The molecule has 0 radical (unpaired) electrons. The molecule has 0 saturated carbocycles. The Hall–Kier alpha value is -0.860. The van der Waals surface area contributed by atoms with Crippen LogP contribution < -0.4 is 0 Å². The summed E-state index contributed by atoms with van der Waals surface area (Å²) in [6.07, 6.45) is 0. The molecule has 3 heteroatoms. The molecule has 0 amide bonds. The van der Waals surface area contributed by atoms with Gasteiger partial charge >= 0.3 is 0 Å². The third-order valence-corrected chi connectivity index (χ3v) is 3.44. The highest BCUT2D eigenvalue weighted by atomic mass is 35.5. The van der Waals surface area contributed by atoms with Crippen molar-refractivity contribution in [3.8, 4) is 11.3 Å². The van der Waals surface area contributed by atoms with E-state index in [9.17, 15) is 0 Å². The molecule has 1 aromatic carbocycles. The Morgan fingerprint density at radius 2 is 2.00 bits per heavy atom. The van der Waals surface area contributed by atoms with Crippen LogP contribution in [0.5, 0.6) is 0 Å². The van der Waals surface area contributed by atoms with Crippen molar-refractivity contribution < 1.29 is 0 Å². The van der Waals surface area contributed by atoms with Gasteiger partial charge in [0.05, 0.1) is 16.2 Å². The third-order valence-electron chi connectivity index (χ3n) is 2.54. The molecule has 0 atom stereocenters. The molecule has 0 fully saturated rings. The lowest BCUT2D eigenvalue weighted by Gasteiger charge is -2.19. The monoisotopic (exact) mass is 251 g/mol. The second-order valence-corrected chi connectivity index (χ2v) is 5.94. The molecule has 1 aromatic heterocycles. The predicted octanol–water partition coefficient (Wildman–Crippen LogP) is 4.76. The SMILES string of the molecule is CC(C)(C)c1ccc(-c2cscn2)c(Cl)c1. The number of aromatic nitrogens is 1. The van der Waals surface area contributed by atoms with Crippen molar-refractivity contribution in [2.75, 3.05) is 0 Å². The minimum absolute atomic E-state index is 0.129. The molecule has 1 heterocycles. The zero-order chi connectivity index (χ0) is 11.8. The molecule has 1 nitrogen and oxygen atoms in total. The van der Waals surface area contributed by atoms with Crippen LogP contribution in [0.3, 0.4) is 0 Å². The largest absolute Gasteiger partial charge is 0.245 e. The minimum atomic E-state index is 0.129. The lowest BCUT2D eigenvalue weighted by molar-refractivity contribution is 0.590. The Balaban J connectivity index is 2.46. The van der Waals surface area contributed by atoms with E-state index in [1.165, 1.54) is 5.56 Å². The summed E-state index contributed by atoms with van der Waals surface area (Å²) in [6.45, 7) is 6.55. The molecule has 16 heavy (non-hydrogen) atoms. The van der Waals surface area contributed by atoms with E-state index in [0.717, 1.165) is 16.3 Å². The molecule has 0 N–H and O–H groups in total. The first kappa shape index (κ1) is 11.6. The lowest BCUT2D eigenvalue weighted by atomic mass is 9.86.